The number of alkyl carbamates (subject to hydrolysis) is 1. The van der Waals surface area contributed by atoms with Gasteiger partial charge < -0.3 is 20.1 Å². The lowest BCUT2D eigenvalue weighted by molar-refractivity contribution is -0.129. The summed E-state index contributed by atoms with van der Waals surface area (Å²) in [5.74, 6) is -0.00300. The highest BCUT2D eigenvalue weighted by Crippen LogP contribution is 2.45. The summed E-state index contributed by atoms with van der Waals surface area (Å²) in [6.07, 6.45) is 0.805. The minimum absolute atomic E-state index is 0.00300. The van der Waals surface area contributed by atoms with E-state index >= 15 is 0 Å². The van der Waals surface area contributed by atoms with Gasteiger partial charge in [-0.1, -0.05) is 5.21 Å². The number of quaternary nitrogens is 1. The maximum absolute atomic E-state index is 12.7. The Balaban J connectivity index is 1.88. The van der Waals surface area contributed by atoms with Gasteiger partial charge in [0.15, 0.2) is 0 Å². The minimum atomic E-state index is -0.992. The van der Waals surface area contributed by atoms with Gasteiger partial charge >= 0.3 is 18.1 Å². The van der Waals surface area contributed by atoms with Crippen LogP contribution in [0.5, 0.6) is 0 Å². The molecular formula is C25H37N6O5+. The van der Waals surface area contributed by atoms with Gasteiger partial charge in [0.05, 0.1) is 38.8 Å². The maximum Gasteiger partial charge on any atom is 0.407 e. The first-order valence-electron chi connectivity index (χ1n) is 12.2. The van der Waals surface area contributed by atoms with Crippen LogP contribution in [0.3, 0.4) is 0 Å². The molecule has 0 saturated heterocycles. The third kappa shape index (κ3) is 5.51. The molecule has 1 aliphatic heterocycles. The van der Waals surface area contributed by atoms with Crippen LogP contribution in [-0.4, -0.2) is 74.9 Å². The van der Waals surface area contributed by atoms with E-state index in [0.29, 0.717) is 31.7 Å². The molecule has 0 spiro atoms. The number of nitrogens with zero attached hydrogens (tertiary/aromatic N) is 5. The number of hydrogen-bond donors (Lipinski definition) is 2. The number of carbonyl (C=O) groups is 3. The lowest BCUT2D eigenvalue weighted by Gasteiger charge is -2.45. The number of amides is 3. The molecular weight excluding hydrogens is 464 g/mol. The fourth-order valence-electron chi connectivity index (χ4n) is 4.69. The first-order chi connectivity index (χ1) is 16.8. The van der Waals surface area contributed by atoms with Gasteiger partial charge in [-0.05, 0) is 46.8 Å². The number of nitrogens with one attached hydrogen (secondary N) is 1. The Morgan fingerprint density at radius 2 is 2.00 bits per heavy atom. The third-order valence-electron chi connectivity index (χ3n) is 6.79. The number of hydrogen-bond acceptors (Lipinski definition) is 6. The molecule has 1 aromatic carbocycles. The van der Waals surface area contributed by atoms with E-state index in [-0.39, 0.29) is 22.5 Å². The molecule has 0 aliphatic carbocycles. The summed E-state index contributed by atoms with van der Waals surface area (Å²) >= 11 is 0. The van der Waals surface area contributed by atoms with Crippen molar-refractivity contribution < 1.29 is 24.2 Å². The molecule has 2 aromatic rings. The van der Waals surface area contributed by atoms with Crippen LogP contribution in [-0.2, 0) is 16.1 Å². The smallest absolute Gasteiger partial charge is 0.407 e. The van der Waals surface area contributed by atoms with E-state index in [4.69, 9.17) is 4.74 Å². The molecule has 3 atom stereocenters. The molecule has 2 heterocycles. The van der Waals surface area contributed by atoms with E-state index in [1.54, 1.807) is 38.6 Å². The largest absolute Gasteiger partial charge is 0.465 e. The number of benzene rings is 1. The van der Waals surface area contributed by atoms with Crippen LogP contribution >= 0.6 is 0 Å². The quantitative estimate of drug-likeness (QED) is 0.577. The Kier molecular flexibility index (Phi) is 7.73. The fourth-order valence-corrected chi connectivity index (χ4v) is 4.69. The highest BCUT2D eigenvalue weighted by atomic mass is 16.6. The number of fused-ring (bicyclic) bond motifs is 1. The predicted octanol–water partition coefficient (Wildman–Crippen LogP) is 3.79. The zero-order chi connectivity index (χ0) is 26.8. The van der Waals surface area contributed by atoms with Gasteiger partial charge in [-0.15, -0.1) is 5.10 Å². The van der Waals surface area contributed by atoms with Gasteiger partial charge in [0.1, 0.15) is 17.0 Å². The monoisotopic (exact) mass is 501 g/mol. The van der Waals surface area contributed by atoms with Gasteiger partial charge in [-0.2, -0.15) is 0 Å². The molecule has 0 fully saturated rings. The first-order valence-corrected chi connectivity index (χ1v) is 12.2. The summed E-state index contributed by atoms with van der Waals surface area (Å²) in [6, 6.07) is 5.24. The Morgan fingerprint density at radius 3 is 2.58 bits per heavy atom. The van der Waals surface area contributed by atoms with Crippen molar-refractivity contribution in [3.05, 3.63) is 30.0 Å². The summed E-state index contributed by atoms with van der Waals surface area (Å²) in [4.78, 5) is 38.0. The summed E-state index contributed by atoms with van der Waals surface area (Å²) in [7, 11) is 1.88. The van der Waals surface area contributed by atoms with Crippen LogP contribution in [0.2, 0.25) is 0 Å². The fraction of sp³-hybridized carbons (Fsp3) is 0.560. The van der Waals surface area contributed by atoms with Crippen LogP contribution in [0, 0.1) is 0 Å². The average Bonchev–Trinajstić information content (AvgIpc) is 3.24. The second-order valence-corrected chi connectivity index (χ2v) is 10.3. The van der Waals surface area contributed by atoms with Crippen molar-refractivity contribution in [2.45, 2.75) is 72.2 Å². The molecule has 1 aliphatic rings. The number of rotatable bonds is 6. The first kappa shape index (κ1) is 27.1. The summed E-state index contributed by atoms with van der Waals surface area (Å²) < 4.78 is 6.96. The van der Waals surface area contributed by atoms with Crippen LogP contribution < -0.4 is 9.80 Å². The molecule has 3 rings (SSSR count). The van der Waals surface area contributed by atoms with Crippen molar-refractivity contribution in [2.75, 3.05) is 20.1 Å². The van der Waals surface area contributed by atoms with Gasteiger partial charge in [-0.3, -0.25) is 4.68 Å². The number of ether oxygens (including phenoxy) is 1. The van der Waals surface area contributed by atoms with Crippen LogP contribution in [0.4, 0.5) is 15.3 Å². The van der Waals surface area contributed by atoms with Crippen molar-refractivity contribution >= 4 is 23.8 Å². The molecule has 36 heavy (non-hydrogen) atoms. The SMILES string of the molecule is CCN(C(=O)O)[C@@H]1C[C@H](C)[N+](C)(C(C)=O)c2ccc(-c3cn(CCNC(=O)OC(C)(C)C)nn3)cc21. The number of carboxylic acid groups (broad SMARTS) is 1. The maximum atomic E-state index is 12.7. The van der Waals surface area contributed by atoms with E-state index in [1.165, 1.54) is 4.90 Å². The highest BCUT2D eigenvalue weighted by Gasteiger charge is 2.47. The molecule has 0 radical (unpaired) electrons. The zero-order valence-corrected chi connectivity index (χ0v) is 22.1. The van der Waals surface area contributed by atoms with Crippen molar-refractivity contribution in [1.29, 1.82) is 0 Å². The standard InChI is InChI=1S/C25H36N6O5/c1-8-30(24(34)35)21-13-16(2)31(7,17(3)32)22-10-9-18(14-19(21)22)20-15-29(28-27-20)12-11-26-23(33)36-25(4,5)6/h9-10,14-16,21H,8,11-13H2,1-7H3,(H-,26,33,34,35)/p+1/t16-,21+,31?/m0/s1. The minimum Gasteiger partial charge on any atom is -0.465 e. The third-order valence-corrected chi connectivity index (χ3v) is 6.79. The zero-order valence-electron chi connectivity index (χ0n) is 22.1. The van der Waals surface area contributed by atoms with Crippen molar-refractivity contribution in [1.82, 2.24) is 29.7 Å². The van der Waals surface area contributed by atoms with Crippen molar-refractivity contribution in [2.24, 2.45) is 0 Å². The van der Waals surface area contributed by atoms with E-state index in [1.807, 2.05) is 39.1 Å². The Hall–Kier alpha value is -3.47. The predicted molar refractivity (Wildman–Crippen MR) is 135 cm³/mol. The number of aromatic nitrogens is 3. The second kappa shape index (κ2) is 10.3. The average molecular weight is 502 g/mol. The summed E-state index contributed by atoms with van der Waals surface area (Å²) in [5, 5.41) is 21.0. The Morgan fingerprint density at radius 1 is 1.31 bits per heavy atom. The molecule has 0 saturated carbocycles. The van der Waals surface area contributed by atoms with Gasteiger partial charge in [0.2, 0.25) is 0 Å². The van der Waals surface area contributed by atoms with Crippen molar-refractivity contribution in [3.8, 4) is 11.3 Å². The van der Waals surface area contributed by atoms with Crippen LogP contribution in [0.1, 0.15) is 59.6 Å². The topological polar surface area (TPSA) is 127 Å². The van der Waals surface area contributed by atoms with E-state index in [2.05, 4.69) is 15.6 Å². The lowest BCUT2D eigenvalue weighted by atomic mass is 9.87. The Labute approximate surface area is 211 Å². The van der Waals surface area contributed by atoms with Gasteiger partial charge in [0, 0.05) is 36.7 Å². The van der Waals surface area contributed by atoms with Gasteiger partial charge in [0.25, 0.3) is 0 Å². The summed E-state index contributed by atoms with van der Waals surface area (Å²) in [6.45, 7) is 11.8. The molecule has 11 nitrogen and oxygen atoms in total. The molecule has 196 valence electrons. The summed E-state index contributed by atoms with van der Waals surface area (Å²) in [5.41, 5.74) is 2.41. The highest BCUT2D eigenvalue weighted by molar-refractivity contribution is 5.89. The molecule has 1 unspecified atom stereocenters. The molecule has 0 bridgehead atoms. The van der Waals surface area contributed by atoms with Crippen LogP contribution in [0.25, 0.3) is 11.3 Å². The number of carbonyl (C=O) groups excluding carboxylic acids is 2. The molecule has 2 N–H and O–H groups in total. The van der Waals surface area contributed by atoms with Crippen molar-refractivity contribution in [3.63, 3.8) is 0 Å². The van der Waals surface area contributed by atoms with Gasteiger partial charge in [-0.25, -0.2) is 18.9 Å². The molecule has 1 aromatic heterocycles. The lowest BCUT2D eigenvalue weighted by Crippen LogP contribution is -2.60. The normalized spacial score (nSPS) is 21.4. The Bertz CT molecular complexity index is 1140. The van der Waals surface area contributed by atoms with Crippen LogP contribution in [0.15, 0.2) is 24.4 Å². The van der Waals surface area contributed by atoms with E-state index in [9.17, 15) is 19.5 Å². The second-order valence-electron chi connectivity index (χ2n) is 10.3. The molecule has 3 amide bonds. The molecule has 11 heteroatoms. The van der Waals surface area contributed by atoms with E-state index in [0.717, 1.165) is 16.8 Å². The van der Waals surface area contributed by atoms with E-state index < -0.39 is 17.8 Å².